The Morgan fingerprint density at radius 2 is 1.69 bits per heavy atom. The average Bonchev–Trinajstić information content (AvgIpc) is 2.90. The van der Waals surface area contributed by atoms with Crippen molar-refractivity contribution in [1.82, 2.24) is 14.9 Å². The molecule has 1 aliphatic heterocycles. The van der Waals surface area contributed by atoms with Gasteiger partial charge in [-0.3, -0.25) is 4.79 Å². The Morgan fingerprint density at radius 1 is 0.972 bits per heavy atom. The minimum atomic E-state index is -0.497. The van der Waals surface area contributed by atoms with Gasteiger partial charge in [0, 0.05) is 67.2 Å². The molecule has 1 fully saturated rings. The van der Waals surface area contributed by atoms with Crippen molar-refractivity contribution in [2.45, 2.75) is 13.8 Å². The standard InChI is InChI=1S/C28H29FN6O/c1-3-34-14-16-35(17-15-34)22-12-10-21(11-13-22)32-28-30-18-20-6-4-8-24(27(20)33-28)23-7-5-9-25(26(23)29)31-19(2)36/h4-13,18H,3,14-17H2,1-2H3,(H,31,36)(H,30,32,33). The topological polar surface area (TPSA) is 73.4 Å². The number of anilines is 4. The lowest BCUT2D eigenvalue weighted by molar-refractivity contribution is -0.114. The van der Waals surface area contributed by atoms with Gasteiger partial charge in [0.05, 0.1) is 11.2 Å². The van der Waals surface area contributed by atoms with E-state index in [0.29, 0.717) is 22.6 Å². The van der Waals surface area contributed by atoms with Crippen LogP contribution in [0.4, 0.5) is 27.4 Å². The minimum Gasteiger partial charge on any atom is -0.369 e. The van der Waals surface area contributed by atoms with Crippen LogP contribution in [0.25, 0.3) is 22.0 Å². The first-order chi connectivity index (χ1) is 17.5. The molecule has 0 saturated carbocycles. The molecule has 7 nitrogen and oxygen atoms in total. The van der Waals surface area contributed by atoms with Gasteiger partial charge in [-0.1, -0.05) is 37.3 Å². The van der Waals surface area contributed by atoms with Gasteiger partial charge in [0.2, 0.25) is 11.9 Å². The Labute approximate surface area is 210 Å². The molecule has 5 rings (SSSR count). The highest BCUT2D eigenvalue weighted by molar-refractivity contribution is 5.96. The van der Waals surface area contributed by atoms with Crippen molar-refractivity contribution in [3.05, 3.63) is 72.7 Å². The number of aromatic nitrogens is 2. The third-order valence-electron chi connectivity index (χ3n) is 6.52. The molecule has 0 unspecified atom stereocenters. The molecule has 1 saturated heterocycles. The van der Waals surface area contributed by atoms with Gasteiger partial charge in [0.15, 0.2) is 5.82 Å². The van der Waals surface area contributed by atoms with Crippen LogP contribution in [0, 0.1) is 5.82 Å². The Kier molecular flexibility index (Phi) is 6.77. The summed E-state index contributed by atoms with van der Waals surface area (Å²) in [4.78, 5) is 25.5. The number of piperazine rings is 1. The molecule has 4 aromatic rings. The number of carbonyl (C=O) groups excluding carboxylic acids is 1. The maximum absolute atomic E-state index is 15.2. The first-order valence-corrected chi connectivity index (χ1v) is 12.2. The van der Waals surface area contributed by atoms with Crippen molar-refractivity contribution < 1.29 is 9.18 Å². The smallest absolute Gasteiger partial charge is 0.227 e. The van der Waals surface area contributed by atoms with Crippen LogP contribution in [0.3, 0.4) is 0 Å². The Bertz CT molecular complexity index is 1380. The summed E-state index contributed by atoms with van der Waals surface area (Å²) in [5.74, 6) is -0.395. The third kappa shape index (κ3) is 4.99. The molecule has 0 bridgehead atoms. The summed E-state index contributed by atoms with van der Waals surface area (Å²) in [6, 6.07) is 18.8. The molecular formula is C28H29FN6O. The zero-order valence-electron chi connectivity index (χ0n) is 20.5. The molecule has 2 heterocycles. The summed E-state index contributed by atoms with van der Waals surface area (Å²) in [6.07, 6.45) is 1.73. The van der Waals surface area contributed by atoms with Crippen LogP contribution >= 0.6 is 0 Å². The van der Waals surface area contributed by atoms with Gasteiger partial charge >= 0.3 is 0 Å². The normalized spacial score (nSPS) is 14.1. The van der Waals surface area contributed by atoms with Gasteiger partial charge in [-0.25, -0.2) is 14.4 Å². The van der Waals surface area contributed by atoms with Crippen LogP contribution in [0.1, 0.15) is 13.8 Å². The van der Waals surface area contributed by atoms with Gasteiger partial charge in [0.25, 0.3) is 0 Å². The van der Waals surface area contributed by atoms with Crippen LogP contribution < -0.4 is 15.5 Å². The summed E-state index contributed by atoms with van der Waals surface area (Å²) >= 11 is 0. The lowest BCUT2D eigenvalue weighted by Crippen LogP contribution is -2.46. The average molecular weight is 485 g/mol. The summed E-state index contributed by atoms with van der Waals surface area (Å²) in [7, 11) is 0. The van der Waals surface area contributed by atoms with Crippen molar-refractivity contribution in [3.8, 4) is 11.1 Å². The second kappa shape index (κ2) is 10.3. The zero-order chi connectivity index (χ0) is 25.1. The first kappa shape index (κ1) is 23.7. The molecule has 0 atom stereocenters. The van der Waals surface area contributed by atoms with Gasteiger partial charge in [-0.2, -0.15) is 0 Å². The van der Waals surface area contributed by atoms with E-state index in [9.17, 15) is 4.79 Å². The molecular weight excluding hydrogens is 455 g/mol. The highest BCUT2D eigenvalue weighted by atomic mass is 19.1. The van der Waals surface area contributed by atoms with Gasteiger partial charge < -0.3 is 20.4 Å². The minimum absolute atomic E-state index is 0.139. The molecule has 184 valence electrons. The maximum atomic E-state index is 15.2. The molecule has 8 heteroatoms. The Balaban J connectivity index is 1.40. The van der Waals surface area contributed by atoms with Gasteiger partial charge in [-0.15, -0.1) is 0 Å². The van der Waals surface area contributed by atoms with E-state index in [4.69, 9.17) is 4.98 Å². The summed E-state index contributed by atoms with van der Waals surface area (Å²) in [5.41, 5.74) is 3.84. The lowest BCUT2D eigenvalue weighted by Gasteiger charge is -2.35. The van der Waals surface area contributed by atoms with E-state index >= 15 is 4.39 Å². The molecule has 1 aliphatic rings. The van der Waals surface area contributed by atoms with E-state index < -0.39 is 5.82 Å². The molecule has 1 amide bonds. The monoisotopic (exact) mass is 484 g/mol. The number of hydrogen-bond acceptors (Lipinski definition) is 6. The third-order valence-corrected chi connectivity index (χ3v) is 6.52. The predicted molar refractivity (Wildman–Crippen MR) is 143 cm³/mol. The zero-order valence-corrected chi connectivity index (χ0v) is 20.5. The number of benzene rings is 3. The van der Waals surface area contributed by atoms with E-state index in [1.807, 2.05) is 30.3 Å². The second-order valence-electron chi connectivity index (χ2n) is 8.88. The lowest BCUT2D eigenvalue weighted by atomic mass is 10.0. The van der Waals surface area contributed by atoms with Gasteiger partial charge in [0.1, 0.15) is 0 Å². The summed E-state index contributed by atoms with van der Waals surface area (Å²) < 4.78 is 15.2. The van der Waals surface area contributed by atoms with Crippen LogP contribution in [0.5, 0.6) is 0 Å². The number of amides is 1. The van der Waals surface area contributed by atoms with Crippen molar-refractivity contribution in [1.29, 1.82) is 0 Å². The number of carbonyl (C=O) groups is 1. The fourth-order valence-electron chi connectivity index (χ4n) is 4.57. The quantitative estimate of drug-likeness (QED) is 0.388. The van der Waals surface area contributed by atoms with E-state index in [1.54, 1.807) is 24.4 Å². The van der Waals surface area contributed by atoms with Crippen molar-refractivity contribution in [2.75, 3.05) is 48.3 Å². The van der Waals surface area contributed by atoms with Crippen LogP contribution in [-0.4, -0.2) is 53.5 Å². The van der Waals surface area contributed by atoms with Crippen LogP contribution in [0.2, 0.25) is 0 Å². The summed E-state index contributed by atoms with van der Waals surface area (Å²) in [6.45, 7) is 8.86. The number of nitrogens with zero attached hydrogens (tertiary/aromatic N) is 4. The molecule has 3 aromatic carbocycles. The molecule has 0 radical (unpaired) electrons. The molecule has 36 heavy (non-hydrogen) atoms. The molecule has 0 spiro atoms. The van der Waals surface area contributed by atoms with Crippen molar-refractivity contribution in [2.24, 2.45) is 0 Å². The molecule has 1 aromatic heterocycles. The number of fused-ring (bicyclic) bond motifs is 1. The maximum Gasteiger partial charge on any atom is 0.227 e. The highest BCUT2D eigenvalue weighted by Gasteiger charge is 2.17. The van der Waals surface area contributed by atoms with Crippen LogP contribution in [0.15, 0.2) is 66.9 Å². The first-order valence-electron chi connectivity index (χ1n) is 12.2. The van der Waals surface area contributed by atoms with E-state index in [2.05, 4.69) is 44.5 Å². The fraction of sp³-hybridized carbons (Fsp3) is 0.250. The second-order valence-corrected chi connectivity index (χ2v) is 8.88. The predicted octanol–water partition coefficient (Wildman–Crippen LogP) is 5.28. The van der Waals surface area contributed by atoms with Crippen LogP contribution in [-0.2, 0) is 4.79 Å². The molecule has 0 aliphatic carbocycles. The largest absolute Gasteiger partial charge is 0.369 e. The van der Waals surface area contributed by atoms with E-state index in [0.717, 1.165) is 43.8 Å². The molecule has 2 N–H and O–H groups in total. The number of halogens is 1. The van der Waals surface area contributed by atoms with E-state index in [1.165, 1.54) is 12.6 Å². The summed E-state index contributed by atoms with van der Waals surface area (Å²) in [5, 5.41) is 6.61. The Hall–Kier alpha value is -4.04. The number of likely N-dealkylation sites (N-methyl/N-ethyl adjacent to an activating group) is 1. The fourth-order valence-corrected chi connectivity index (χ4v) is 4.57. The number of rotatable bonds is 6. The Morgan fingerprint density at radius 3 is 2.42 bits per heavy atom. The van der Waals surface area contributed by atoms with Gasteiger partial charge in [-0.05, 0) is 36.9 Å². The number of nitrogens with one attached hydrogen (secondary N) is 2. The van der Waals surface area contributed by atoms with E-state index in [-0.39, 0.29) is 11.6 Å². The number of para-hydroxylation sites is 1. The van der Waals surface area contributed by atoms with Crippen molar-refractivity contribution >= 4 is 39.8 Å². The highest BCUT2D eigenvalue weighted by Crippen LogP contribution is 2.33. The number of hydrogen-bond donors (Lipinski definition) is 2. The SMILES string of the molecule is CCN1CCN(c2ccc(Nc3ncc4cccc(-c5cccc(NC(C)=O)c5F)c4n3)cc2)CC1. The van der Waals surface area contributed by atoms with Crippen molar-refractivity contribution in [3.63, 3.8) is 0 Å².